The van der Waals surface area contributed by atoms with Gasteiger partial charge in [-0.3, -0.25) is 4.79 Å². The largest absolute Gasteiger partial charge is 0.372 e. The third kappa shape index (κ3) is 3.29. The van der Waals surface area contributed by atoms with Gasteiger partial charge in [0.15, 0.2) is 0 Å². The van der Waals surface area contributed by atoms with Crippen molar-refractivity contribution in [1.29, 1.82) is 0 Å². The number of fused-ring (bicyclic) bond motifs is 1. The number of pyridine rings is 1. The van der Waals surface area contributed by atoms with Crippen LogP contribution >= 0.6 is 11.3 Å². The second-order valence-electron chi connectivity index (χ2n) is 4.61. The predicted octanol–water partition coefficient (Wildman–Crippen LogP) is 3.33. The fourth-order valence-corrected chi connectivity index (χ4v) is 2.92. The highest BCUT2D eigenvalue weighted by molar-refractivity contribution is 7.21. The molecule has 0 aliphatic rings. The van der Waals surface area contributed by atoms with Crippen LogP contribution in [0.1, 0.15) is 6.92 Å². The Labute approximate surface area is 132 Å². The number of hydrogen-bond donors (Lipinski definition) is 1. The van der Waals surface area contributed by atoms with Crippen molar-refractivity contribution in [1.82, 2.24) is 9.97 Å². The molecule has 2 aromatic heterocycles. The van der Waals surface area contributed by atoms with Crippen molar-refractivity contribution in [2.24, 2.45) is 0 Å². The molecule has 0 radical (unpaired) electrons. The Bertz CT molecular complexity index is 768. The number of nitrogens with one attached hydrogen (secondary N) is 1. The van der Waals surface area contributed by atoms with Crippen LogP contribution in [0.5, 0.6) is 0 Å². The van der Waals surface area contributed by atoms with Gasteiger partial charge in [-0.2, -0.15) is 0 Å². The Kier molecular flexibility index (Phi) is 4.41. The quantitative estimate of drug-likeness (QED) is 0.784. The molecule has 0 unspecified atom stereocenters. The predicted molar refractivity (Wildman–Crippen MR) is 88.0 cm³/mol. The van der Waals surface area contributed by atoms with E-state index in [2.05, 4.69) is 15.3 Å². The summed E-state index contributed by atoms with van der Waals surface area (Å²) >= 11 is 1.53. The smallest absolute Gasteiger partial charge is 0.250 e. The van der Waals surface area contributed by atoms with E-state index in [9.17, 15) is 4.79 Å². The van der Waals surface area contributed by atoms with Gasteiger partial charge in [-0.05, 0) is 31.2 Å². The Morgan fingerprint density at radius 1 is 1.32 bits per heavy atom. The van der Waals surface area contributed by atoms with E-state index in [0.717, 1.165) is 26.6 Å². The fraction of sp³-hybridized carbons (Fsp3) is 0.188. The number of aromatic nitrogens is 2. The maximum Gasteiger partial charge on any atom is 0.250 e. The number of carbonyl (C=O) groups excluding carboxylic acids is 1. The van der Waals surface area contributed by atoms with E-state index in [1.807, 2.05) is 43.3 Å². The highest BCUT2D eigenvalue weighted by Crippen LogP contribution is 2.30. The standard InChI is InChI=1S/C16H15N3O2S/c1-2-21-10-14(20)18-12-6-3-5-11(9-12)15-19-13-7-4-8-17-16(13)22-15/h3-9H,2,10H2,1H3,(H,18,20). The van der Waals surface area contributed by atoms with Gasteiger partial charge in [0.25, 0.3) is 0 Å². The molecule has 5 nitrogen and oxygen atoms in total. The first-order chi connectivity index (χ1) is 10.8. The van der Waals surface area contributed by atoms with E-state index in [4.69, 9.17) is 4.74 Å². The molecule has 1 amide bonds. The molecule has 22 heavy (non-hydrogen) atoms. The van der Waals surface area contributed by atoms with Crippen LogP contribution in [0, 0.1) is 0 Å². The fourth-order valence-electron chi connectivity index (χ4n) is 2.02. The van der Waals surface area contributed by atoms with Gasteiger partial charge in [0.1, 0.15) is 22.0 Å². The molecule has 1 aromatic carbocycles. The van der Waals surface area contributed by atoms with Gasteiger partial charge in [-0.15, -0.1) is 0 Å². The lowest BCUT2D eigenvalue weighted by molar-refractivity contribution is -0.120. The molecule has 0 spiro atoms. The molecular formula is C16H15N3O2S. The number of ether oxygens (including phenoxy) is 1. The number of hydrogen-bond acceptors (Lipinski definition) is 5. The average molecular weight is 313 g/mol. The lowest BCUT2D eigenvalue weighted by Gasteiger charge is -2.06. The van der Waals surface area contributed by atoms with Crippen LogP contribution in [0.25, 0.3) is 20.9 Å². The maximum absolute atomic E-state index is 11.7. The van der Waals surface area contributed by atoms with E-state index in [1.165, 1.54) is 11.3 Å². The molecule has 0 atom stereocenters. The average Bonchev–Trinajstić information content (AvgIpc) is 2.97. The number of anilines is 1. The number of benzene rings is 1. The summed E-state index contributed by atoms with van der Waals surface area (Å²) in [7, 11) is 0. The molecule has 112 valence electrons. The monoisotopic (exact) mass is 313 g/mol. The molecule has 3 rings (SSSR count). The van der Waals surface area contributed by atoms with Crippen molar-refractivity contribution in [3.8, 4) is 10.6 Å². The molecule has 0 aliphatic heterocycles. The zero-order valence-corrected chi connectivity index (χ0v) is 12.9. The van der Waals surface area contributed by atoms with E-state index < -0.39 is 0 Å². The van der Waals surface area contributed by atoms with Gasteiger partial charge in [0.05, 0.1) is 0 Å². The third-order valence-electron chi connectivity index (χ3n) is 3.00. The minimum Gasteiger partial charge on any atom is -0.372 e. The number of thiazole rings is 1. The molecule has 0 saturated heterocycles. The summed E-state index contributed by atoms with van der Waals surface area (Å²) in [5, 5.41) is 3.70. The highest BCUT2D eigenvalue weighted by Gasteiger charge is 2.08. The SMILES string of the molecule is CCOCC(=O)Nc1cccc(-c2nc3cccnc3s2)c1. The highest BCUT2D eigenvalue weighted by atomic mass is 32.1. The summed E-state index contributed by atoms with van der Waals surface area (Å²) in [6.07, 6.45) is 1.76. The number of nitrogens with zero attached hydrogens (tertiary/aromatic N) is 2. The normalized spacial score (nSPS) is 10.8. The van der Waals surface area contributed by atoms with Crippen molar-refractivity contribution in [2.75, 3.05) is 18.5 Å². The van der Waals surface area contributed by atoms with Gasteiger partial charge in [0.2, 0.25) is 5.91 Å². The van der Waals surface area contributed by atoms with Gasteiger partial charge in [-0.25, -0.2) is 9.97 Å². The zero-order valence-electron chi connectivity index (χ0n) is 12.1. The first kappa shape index (κ1) is 14.6. The van der Waals surface area contributed by atoms with Crippen LogP contribution in [-0.4, -0.2) is 29.1 Å². The summed E-state index contributed by atoms with van der Waals surface area (Å²) in [5.41, 5.74) is 2.57. The van der Waals surface area contributed by atoms with Gasteiger partial charge < -0.3 is 10.1 Å². The summed E-state index contributed by atoms with van der Waals surface area (Å²) in [4.78, 5) is 21.5. The van der Waals surface area contributed by atoms with Crippen LogP contribution in [-0.2, 0) is 9.53 Å². The van der Waals surface area contributed by atoms with Crippen LogP contribution in [0.15, 0.2) is 42.6 Å². The topological polar surface area (TPSA) is 64.1 Å². The lowest BCUT2D eigenvalue weighted by Crippen LogP contribution is -2.18. The van der Waals surface area contributed by atoms with Gasteiger partial charge >= 0.3 is 0 Å². The second kappa shape index (κ2) is 6.64. The van der Waals surface area contributed by atoms with E-state index in [1.54, 1.807) is 6.20 Å². The first-order valence-corrected chi connectivity index (χ1v) is 7.77. The Hall–Kier alpha value is -2.31. The lowest BCUT2D eigenvalue weighted by atomic mass is 10.2. The van der Waals surface area contributed by atoms with Gasteiger partial charge in [-0.1, -0.05) is 23.5 Å². The molecule has 0 fully saturated rings. The van der Waals surface area contributed by atoms with Crippen LogP contribution in [0.2, 0.25) is 0 Å². The molecule has 0 saturated carbocycles. The van der Waals surface area contributed by atoms with Crippen LogP contribution < -0.4 is 5.32 Å². The van der Waals surface area contributed by atoms with E-state index in [-0.39, 0.29) is 12.5 Å². The van der Waals surface area contributed by atoms with Crippen molar-refractivity contribution in [3.05, 3.63) is 42.6 Å². The Morgan fingerprint density at radius 2 is 2.23 bits per heavy atom. The summed E-state index contributed by atoms with van der Waals surface area (Å²) in [5.74, 6) is -0.162. The maximum atomic E-state index is 11.7. The minimum absolute atomic E-state index is 0.0613. The number of carbonyl (C=O) groups is 1. The van der Waals surface area contributed by atoms with Crippen LogP contribution in [0.3, 0.4) is 0 Å². The Balaban J connectivity index is 1.82. The summed E-state index contributed by atoms with van der Waals surface area (Å²) < 4.78 is 5.09. The van der Waals surface area contributed by atoms with E-state index in [0.29, 0.717) is 6.61 Å². The molecule has 0 aliphatic carbocycles. The van der Waals surface area contributed by atoms with Gasteiger partial charge in [0, 0.05) is 24.1 Å². The Morgan fingerprint density at radius 3 is 3.05 bits per heavy atom. The van der Waals surface area contributed by atoms with Crippen molar-refractivity contribution < 1.29 is 9.53 Å². The van der Waals surface area contributed by atoms with Crippen molar-refractivity contribution in [2.45, 2.75) is 6.92 Å². The molecule has 3 aromatic rings. The van der Waals surface area contributed by atoms with Crippen LogP contribution in [0.4, 0.5) is 5.69 Å². The van der Waals surface area contributed by atoms with E-state index >= 15 is 0 Å². The minimum atomic E-state index is -0.162. The zero-order chi connectivity index (χ0) is 15.4. The molecule has 0 bridgehead atoms. The molecule has 1 N–H and O–H groups in total. The number of amides is 1. The second-order valence-corrected chi connectivity index (χ2v) is 5.59. The first-order valence-electron chi connectivity index (χ1n) is 6.96. The molecule has 6 heteroatoms. The van der Waals surface area contributed by atoms with Crippen molar-refractivity contribution in [3.63, 3.8) is 0 Å². The molecule has 2 heterocycles. The van der Waals surface area contributed by atoms with Crippen molar-refractivity contribution >= 4 is 33.3 Å². The summed E-state index contributed by atoms with van der Waals surface area (Å²) in [6.45, 7) is 2.44. The third-order valence-corrected chi connectivity index (χ3v) is 4.03. The summed E-state index contributed by atoms with van der Waals surface area (Å²) in [6, 6.07) is 11.4. The molecular weight excluding hydrogens is 298 g/mol. The number of rotatable bonds is 5.